The van der Waals surface area contributed by atoms with Crippen molar-refractivity contribution in [1.29, 1.82) is 0 Å². The summed E-state index contributed by atoms with van der Waals surface area (Å²) in [7, 11) is 2.25. The van der Waals surface area contributed by atoms with Crippen LogP contribution >= 0.6 is 0 Å². The monoisotopic (exact) mass is 486 g/mol. The minimum atomic E-state index is 0. The molecule has 0 rings (SSSR count). The zero-order valence-corrected chi connectivity index (χ0v) is 13.0. The van der Waals surface area contributed by atoms with Gasteiger partial charge in [-0.15, -0.1) is 0 Å². The number of hydrogen-bond acceptors (Lipinski definition) is 1. The van der Waals surface area contributed by atoms with Gasteiger partial charge in [-0.3, -0.25) is 0 Å². The minimum Gasteiger partial charge on any atom is -0.569 e. The second-order valence-electron chi connectivity index (χ2n) is 0. The van der Waals surface area contributed by atoms with Gasteiger partial charge in [0.25, 0.3) is 0 Å². The van der Waals surface area contributed by atoms with Gasteiger partial charge in [-0.1, -0.05) is 0 Å². The van der Waals surface area contributed by atoms with Gasteiger partial charge in [-0.25, -0.2) is 7.11 Å². The van der Waals surface area contributed by atoms with Crippen molar-refractivity contribution in [2.45, 2.75) is 20.8 Å². The molecule has 0 aromatic heterocycles. The van der Waals surface area contributed by atoms with Crippen LogP contribution in [-0.4, -0.2) is 5.11 Å². The molecule has 0 fully saturated rings. The van der Waals surface area contributed by atoms with Crippen molar-refractivity contribution in [2.75, 3.05) is 0 Å². The van der Waals surface area contributed by atoms with E-state index in [0.717, 1.165) is 0 Å². The molecule has 3 heteroatoms. The molecule has 0 aromatic rings. The van der Waals surface area contributed by atoms with Crippen LogP contribution in [0.15, 0.2) is 0 Å². The van der Waals surface area contributed by atoms with Crippen molar-refractivity contribution in [2.24, 2.45) is 0 Å². The van der Waals surface area contributed by atoms with E-state index in [-0.39, 0.29) is 42.1 Å². The molecule has 64 valence electrons. The minimum absolute atomic E-state index is 0. The average molecular weight is 486 g/mol. The van der Waals surface area contributed by atoms with Crippen LogP contribution in [0.4, 0.5) is 0 Å². The van der Waals surface area contributed by atoms with Gasteiger partial charge in [-0.2, -0.15) is 20.8 Å². The van der Waals surface area contributed by atoms with Gasteiger partial charge in [0.2, 0.25) is 0 Å². The van der Waals surface area contributed by atoms with Gasteiger partial charge >= 0.3 is 42.1 Å². The fraction of sp³-hybridized carbons (Fsp3) is 0.429. The van der Waals surface area contributed by atoms with E-state index in [2.05, 4.69) is 27.9 Å². The van der Waals surface area contributed by atoms with Gasteiger partial charge in [0, 0.05) is 0 Å². The first-order chi connectivity index (χ1) is 4.00. The maximum atomic E-state index is 6.75. The molecule has 10 heavy (non-hydrogen) atoms. The summed E-state index contributed by atoms with van der Waals surface area (Å²) in [6.07, 6.45) is 0. The molecule has 0 heterocycles. The summed E-state index contributed by atoms with van der Waals surface area (Å²) >= 11 is 0. The van der Waals surface area contributed by atoms with Gasteiger partial charge in [0.15, 0.2) is 0 Å². The first-order valence-corrected chi connectivity index (χ1v) is 2.44. The van der Waals surface area contributed by atoms with Crippen LogP contribution < -0.4 is 0 Å². The molecule has 1 nitrogen and oxygen atoms in total. The topological polar surface area (TPSA) is 20.2 Å². The molecule has 0 atom stereocenters. The fourth-order valence-corrected chi connectivity index (χ4v) is 0. The molecule has 0 aliphatic heterocycles. The zero-order chi connectivity index (χ0) is 8.00. The van der Waals surface area contributed by atoms with Gasteiger partial charge in [0.05, 0.1) is 0 Å². The molecule has 0 saturated carbocycles. The Balaban J connectivity index is -0.00000000500. The van der Waals surface area contributed by atoms with Crippen molar-refractivity contribution >= 4 is 0 Å². The molecular formula is C7H18OW2. The van der Waals surface area contributed by atoms with Crippen LogP contribution in [0.5, 0.6) is 0 Å². The van der Waals surface area contributed by atoms with Gasteiger partial charge < -0.3 is 25.9 Å². The van der Waals surface area contributed by atoms with Gasteiger partial charge in [-0.05, 0) is 0 Å². The van der Waals surface area contributed by atoms with Gasteiger partial charge in [0.1, 0.15) is 0 Å². The second-order valence-corrected chi connectivity index (χ2v) is 0. The molecule has 0 aliphatic carbocycles. The molecule has 0 amide bonds. The maximum absolute atomic E-state index is 6.75. The van der Waals surface area contributed by atoms with Crippen LogP contribution in [0.1, 0.15) is 20.8 Å². The van der Waals surface area contributed by atoms with Crippen LogP contribution in [0.25, 0.3) is 0 Å². The number of hydrogen-bond donors (Lipinski definition) is 1. The molecule has 1 N–H and O–H groups in total. The van der Waals surface area contributed by atoms with Crippen LogP contribution in [0.2, 0.25) is 0 Å². The number of aliphatic hydroxyl groups is 1. The summed E-state index contributed by atoms with van der Waals surface area (Å²) in [4.78, 5) is 0. The molecule has 0 aliphatic rings. The van der Waals surface area contributed by atoms with Crippen molar-refractivity contribution in [3.8, 4) is 0 Å². The Bertz CT molecular complexity index is 11.6. The summed E-state index contributed by atoms with van der Waals surface area (Å²) in [5, 5.41) is 6.75. The zero-order valence-electron chi connectivity index (χ0n) is 7.09. The van der Waals surface area contributed by atoms with Crippen molar-refractivity contribution in [3.05, 3.63) is 27.9 Å². The van der Waals surface area contributed by atoms with Crippen molar-refractivity contribution in [3.63, 3.8) is 0 Å². The van der Waals surface area contributed by atoms with E-state index in [1.807, 2.05) is 0 Å². The van der Waals surface area contributed by atoms with Crippen LogP contribution in [-0.2, 0) is 42.1 Å². The number of aliphatic hydroxyl groups excluding tert-OH is 1. The summed E-state index contributed by atoms with van der Waals surface area (Å²) < 4.78 is 0. The van der Waals surface area contributed by atoms with Crippen molar-refractivity contribution in [1.82, 2.24) is 0 Å². The Morgan fingerprint density at radius 3 is 0.600 bits per heavy atom. The van der Waals surface area contributed by atoms with E-state index in [1.165, 1.54) is 0 Å². The molecule has 0 aromatic carbocycles. The molecule has 0 unspecified atom stereocenters. The predicted octanol–water partition coefficient (Wildman–Crippen LogP) is 2.67. The Hall–Kier alpha value is 1.34. The summed E-state index contributed by atoms with van der Waals surface area (Å²) in [6.45, 7) is 15.0. The average Bonchev–Trinajstić information content (AvgIpc) is 2.03. The predicted molar refractivity (Wildman–Crippen MR) is 40.4 cm³/mol. The van der Waals surface area contributed by atoms with E-state index < -0.39 is 0 Å². The summed E-state index contributed by atoms with van der Waals surface area (Å²) in [6, 6.07) is 0. The Morgan fingerprint density at radius 2 is 0.600 bits per heavy atom. The maximum Gasteiger partial charge on any atom is 2.00 e. The van der Waals surface area contributed by atoms with Crippen LogP contribution in [0.3, 0.4) is 0 Å². The summed E-state index contributed by atoms with van der Waals surface area (Å²) in [5.41, 5.74) is 0. The largest absolute Gasteiger partial charge is 2.00 e. The van der Waals surface area contributed by atoms with E-state index in [1.54, 1.807) is 20.8 Å². The Morgan fingerprint density at radius 1 is 0.600 bits per heavy atom. The standard InChI is InChI=1S/3C2H5.CH3O.2W/c4*1-2;;/h3*1H2,2H3;2H,1H2;;/q4*-1;2*+2. The third-order valence-corrected chi connectivity index (χ3v) is 0. The SMILES string of the molecule is [CH2-]C.[CH2-]C.[CH2-]C.[CH2-]O.[W+2].[W+2]. The molecular weight excluding hydrogens is 468 g/mol. The Labute approximate surface area is 95.5 Å². The molecule has 0 saturated heterocycles. The quantitative estimate of drug-likeness (QED) is 0.523. The third-order valence-electron chi connectivity index (χ3n) is 0. The molecule has 0 radical (unpaired) electrons. The van der Waals surface area contributed by atoms with E-state index in [4.69, 9.17) is 5.11 Å². The first-order valence-electron chi connectivity index (χ1n) is 2.44. The molecule has 0 spiro atoms. The van der Waals surface area contributed by atoms with E-state index in [0.29, 0.717) is 0 Å². The van der Waals surface area contributed by atoms with Crippen LogP contribution in [0, 0.1) is 27.9 Å². The molecule has 0 bridgehead atoms. The smallest absolute Gasteiger partial charge is 0.569 e. The fourth-order valence-electron chi connectivity index (χ4n) is 0. The van der Waals surface area contributed by atoms with E-state index >= 15 is 0 Å². The second kappa shape index (κ2) is 504. The summed E-state index contributed by atoms with van der Waals surface area (Å²) in [5.74, 6) is 0. The number of rotatable bonds is 0. The van der Waals surface area contributed by atoms with E-state index in [9.17, 15) is 0 Å². The normalized spacial score (nSPS) is 2.40. The first kappa shape index (κ1) is 42.5. The van der Waals surface area contributed by atoms with Crippen molar-refractivity contribution < 1.29 is 47.2 Å². The Kier molecular flexibility index (Phi) is 2150. The third kappa shape index (κ3) is 363.